The smallest absolute Gasteiger partial charge is 0.0998 e. The molecule has 0 aliphatic rings. The highest BCUT2D eigenvalue weighted by atomic mass is 14.9. The molecule has 0 spiro atoms. The molecule has 0 saturated heterocycles. The number of rotatable bonds is 5. The third-order valence-electron chi connectivity index (χ3n) is 9.41. The molecule has 1 N–H and O–H groups in total. The van der Waals surface area contributed by atoms with E-state index in [0.29, 0.717) is 5.56 Å². The molecule has 0 aromatic heterocycles. The zero-order valence-corrected chi connectivity index (χ0v) is 25.5. The van der Waals surface area contributed by atoms with Gasteiger partial charge in [0.1, 0.15) is 0 Å². The highest BCUT2D eigenvalue weighted by Gasteiger charge is 2.15. The van der Waals surface area contributed by atoms with E-state index in [2.05, 4.69) is 151 Å². The summed E-state index contributed by atoms with van der Waals surface area (Å²) in [5, 5.41) is 23.2. The summed E-state index contributed by atoms with van der Waals surface area (Å²) in [5.74, 6) is 0. The van der Waals surface area contributed by atoms with E-state index in [1.807, 2.05) is 24.3 Å². The fraction of sp³-hybridized carbons (Fsp3) is 0. The van der Waals surface area contributed by atoms with Gasteiger partial charge in [-0.1, -0.05) is 115 Å². The molecule has 0 heterocycles. The van der Waals surface area contributed by atoms with Crippen molar-refractivity contribution >= 4 is 54.5 Å². The van der Waals surface area contributed by atoms with Crippen molar-refractivity contribution in [3.05, 3.63) is 169 Å². The van der Waals surface area contributed by atoms with Crippen LogP contribution >= 0.6 is 0 Å². The fourth-order valence-electron chi connectivity index (χ4n) is 7.06. The summed E-state index contributed by atoms with van der Waals surface area (Å²) in [6, 6.07) is 60.5. The second-order valence-electron chi connectivity index (χ2n) is 12.2. The third kappa shape index (κ3) is 4.65. The second-order valence-corrected chi connectivity index (χ2v) is 12.2. The van der Waals surface area contributed by atoms with Gasteiger partial charge in [-0.3, -0.25) is 0 Å². The second kappa shape index (κ2) is 10.9. The van der Waals surface area contributed by atoms with Crippen LogP contribution < -0.4 is 5.32 Å². The first kappa shape index (κ1) is 26.9. The SMILES string of the molecule is N#Cc1ccccc1-c1ccc2ccc3cc(-c4ccc(Nc5ccc(-c6ccc7ccccc7c6)cc5)cc4)cc4ccc1c2c34. The van der Waals surface area contributed by atoms with Gasteiger partial charge in [-0.25, -0.2) is 0 Å². The van der Waals surface area contributed by atoms with Gasteiger partial charge < -0.3 is 5.32 Å². The molecule has 0 radical (unpaired) electrons. The average Bonchev–Trinajstić information content (AvgIpc) is 3.14. The number of nitrogens with zero attached hydrogens (tertiary/aromatic N) is 1. The van der Waals surface area contributed by atoms with Crippen molar-refractivity contribution in [1.82, 2.24) is 0 Å². The number of hydrogen-bond acceptors (Lipinski definition) is 2. The predicted octanol–water partition coefficient (Wildman–Crippen LogP) is 12.4. The van der Waals surface area contributed by atoms with E-state index < -0.39 is 0 Å². The van der Waals surface area contributed by atoms with E-state index in [0.717, 1.165) is 22.5 Å². The first-order chi connectivity index (χ1) is 23.2. The van der Waals surface area contributed by atoms with Crippen molar-refractivity contribution in [1.29, 1.82) is 5.26 Å². The molecule has 0 fully saturated rings. The van der Waals surface area contributed by atoms with Crippen molar-refractivity contribution in [3.8, 4) is 39.4 Å². The molecule has 0 aliphatic heterocycles. The Morgan fingerprint density at radius 1 is 0.383 bits per heavy atom. The molecule has 0 amide bonds. The van der Waals surface area contributed by atoms with Crippen LogP contribution in [0, 0.1) is 11.3 Å². The topological polar surface area (TPSA) is 35.8 Å². The number of nitriles is 1. The van der Waals surface area contributed by atoms with Crippen molar-refractivity contribution in [2.24, 2.45) is 0 Å². The number of nitrogens with one attached hydrogen (secondary N) is 1. The van der Waals surface area contributed by atoms with E-state index in [9.17, 15) is 5.26 Å². The molecule has 2 heteroatoms. The van der Waals surface area contributed by atoms with Crippen molar-refractivity contribution in [2.75, 3.05) is 5.32 Å². The number of benzene rings is 9. The molecule has 0 saturated carbocycles. The van der Waals surface area contributed by atoms with Crippen LogP contribution in [0.25, 0.3) is 76.5 Å². The van der Waals surface area contributed by atoms with Crippen LogP contribution in [0.1, 0.15) is 5.56 Å². The van der Waals surface area contributed by atoms with E-state index in [1.165, 1.54) is 65.3 Å². The lowest BCUT2D eigenvalue weighted by Crippen LogP contribution is -1.91. The van der Waals surface area contributed by atoms with Crippen LogP contribution in [-0.2, 0) is 0 Å². The molecule has 9 aromatic carbocycles. The summed E-state index contributed by atoms with van der Waals surface area (Å²) >= 11 is 0. The van der Waals surface area contributed by atoms with E-state index in [4.69, 9.17) is 0 Å². The Kier molecular flexibility index (Phi) is 6.23. The van der Waals surface area contributed by atoms with Crippen molar-refractivity contribution in [2.45, 2.75) is 0 Å². The van der Waals surface area contributed by atoms with Crippen LogP contribution in [0.3, 0.4) is 0 Å². The minimum Gasteiger partial charge on any atom is -0.356 e. The summed E-state index contributed by atoms with van der Waals surface area (Å²) < 4.78 is 0. The maximum Gasteiger partial charge on any atom is 0.0998 e. The van der Waals surface area contributed by atoms with Gasteiger partial charge in [0.05, 0.1) is 11.6 Å². The maximum atomic E-state index is 9.77. The molecule has 47 heavy (non-hydrogen) atoms. The molecular formula is C45H28N2. The van der Waals surface area contributed by atoms with E-state index in [-0.39, 0.29) is 0 Å². The quantitative estimate of drug-likeness (QED) is 0.201. The van der Waals surface area contributed by atoms with Gasteiger partial charge in [0.25, 0.3) is 0 Å². The first-order valence-corrected chi connectivity index (χ1v) is 15.9. The Bertz CT molecular complexity index is 2620. The molecule has 0 unspecified atom stereocenters. The summed E-state index contributed by atoms with van der Waals surface area (Å²) in [4.78, 5) is 0. The van der Waals surface area contributed by atoms with Gasteiger partial charge in [-0.15, -0.1) is 0 Å². The van der Waals surface area contributed by atoms with Gasteiger partial charge >= 0.3 is 0 Å². The summed E-state index contributed by atoms with van der Waals surface area (Å²) in [6.45, 7) is 0. The molecular weight excluding hydrogens is 569 g/mol. The van der Waals surface area contributed by atoms with Gasteiger partial charge in [0.2, 0.25) is 0 Å². The molecule has 218 valence electrons. The Balaban J connectivity index is 1.01. The average molecular weight is 597 g/mol. The summed E-state index contributed by atoms with van der Waals surface area (Å²) in [6.07, 6.45) is 0. The first-order valence-electron chi connectivity index (χ1n) is 15.9. The van der Waals surface area contributed by atoms with Gasteiger partial charge in [-0.05, 0) is 119 Å². The minimum absolute atomic E-state index is 0.695. The van der Waals surface area contributed by atoms with Gasteiger partial charge in [0.15, 0.2) is 0 Å². The molecule has 0 bridgehead atoms. The zero-order valence-electron chi connectivity index (χ0n) is 25.5. The molecule has 9 aromatic rings. The largest absolute Gasteiger partial charge is 0.356 e. The van der Waals surface area contributed by atoms with Crippen LogP contribution in [-0.4, -0.2) is 0 Å². The van der Waals surface area contributed by atoms with Crippen LogP contribution in [0.4, 0.5) is 11.4 Å². The van der Waals surface area contributed by atoms with Crippen LogP contribution in [0.5, 0.6) is 0 Å². The van der Waals surface area contributed by atoms with Crippen LogP contribution in [0.2, 0.25) is 0 Å². The zero-order chi connectivity index (χ0) is 31.3. The normalized spacial score (nSPS) is 11.4. The Morgan fingerprint density at radius 2 is 0.936 bits per heavy atom. The van der Waals surface area contributed by atoms with E-state index >= 15 is 0 Å². The lowest BCUT2D eigenvalue weighted by atomic mass is 9.87. The summed E-state index contributed by atoms with van der Waals surface area (Å²) in [5.41, 5.74) is 9.67. The minimum atomic E-state index is 0.695. The Hall–Kier alpha value is -6.43. The summed E-state index contributed by atoms with van der Waals surface area (Å²) in [7, 11) is 0. The molecule has 0 aliphatic carbocycles. The lowest BCUT2D eigenvalue weighted by Gasteiger charge is -2.16. The third-order valence-corrected chi connectivity index (χ3v) is 9.41. The molecule has 0 atom stereocenters. The number of fused-ring (bicyclic) bond motifs is 1. The predicted molar refractivity (Wildman–Crippen MR) is 198 cm³/mol. The Labute approximate surface area is 273 Å². The number of anilines is 2. The standard InChI is InChI=1S/C45H28N2/c46-28-37-7-3-4-8-41(37)42-23-17-32-10-12-35-26-38(27-36-18-24-43(42)45(32)44(35)36)31-15-21-40(22-16-31)47-39-19-13-30(14-20-39)34-11-9-29-5-1-2-6-33(29)25-34/h1-27,47H. The fourth-order valence-corrected chi connectivity index (χ4v) is 7.06. The van der Waals surface area contributed by atoms with E-state index in [1.54, 1.807) is 0 Å². The Morgan fingerprint density at radius 3 is 1.68 bits per heavy atom. The van der Waals surface area contributed by atoms with Crippen LogP contribution in [0.15, 0.2) is 164 Å². The number of hydrogen-bond donors (Lipinski definition) is 1. The monoisotopic (exact) mass is 596 g/mol. The lowest BCUT2D eigenvalue weighted by molar-refractivity contribution is 1.48. The van der Waals surface area contributed by atoms with Crippen molar-refractivity contribution in [3.63, 3.8) is 0 Å². The highest BCUT2D eigenvalue weighted by molar-refractivity contribution is 6.26. The van der Waals surface area contributed by atoms with Gasteiger partial charge in [-0.2, -0.15) is 5.26 Å². The molecule has 9 rings (SSSR count). The van der Waals surface area contributed by atoms with Crippen molar-refractivity contribution < 1.29 is 0 Å². The molecule has 2 nitrogen and oxygen atoms in total. The highest BCUT2D eigenvalue weighted by Crippen LogP contribution is 2.41. The maximum absolute atomic E-state index is 9.77. The van der Waals surface area contributed by atoms with Gasteiger partial charge in [0, 0.05) is 16.9 Å².